The molecule has 0 N–H and O–H groups in total. The Bertz CT molecular complexity index is 1640. The number of rotatable bonds is 6. The molecule has 38 heavy (non-hydrogen) atoms. The Balaban J connectivity index is 1.37. The first-order chi connectivity index (χ1) is 18.3. The molecule has 0 unspecified atom stereocenters. The molecule has 2 amide bonds. The molecule has 0 aliphatic carbocycles. The van der Waals surface area contributed by atoms with Gasteiger partial charge >= 0.3 is 5.97 Å². The van der Waals surface area contributed by atoms with Gasteiger partial charge in [0.1, 0.15) is 0 Å². The maximum atomic E-state index is 13.1. The molecule has 1 aliphatic rings. The molecule has 0 radical (unpaired) electrons. The molecule has 190 valence electrons. The molecule has 4 aromatic rings. The van der Waals surface area contributed by atoms with Crippen LogP contribution in [-0.4, -0.2) is 29.1 Å². The van der Waals surface area contributed by atoms with Gasteiger partial charge in [0.05, 0.1) is 33.6 Å². The van der Waals surface area contributed by atoms with E-state index in [0.29, 0.717) is 10.0 Å². The van der Waals surface area contributed by atoms with Gasteiger partial charge in [-0.15, -0.1) is 0 Å². The molecule has 1 saturated heterocycles. The van der Waals surface area contributed by atoms with Gasteiger partial charge in [-0.3, -0.25) is 14.5 Å². The summed E-state index contributed by atoms with van der Waals surface area (Å²) in [7, 11) is 1.44. The molecule has 5 rings (SSSR count). The highest BCUT2D eigenvalue weighted by Crippen LogP contribution is 2.40. The number of amides is 2. The first-order valence-corrected chi connectivity index (χ1v) is 13.4. The summed E-state index contributed by atoms with van der Waals surface area (Å²) < 4.78 is 11.4. The van der Waals surface area contributed by atoms with Crippen LogP contribution in [0.15, 0.2) is 88.2 Å². The summed E-state index contributed by atoms with van der Waals surface area (Å²) in [5, 5.41) is 2.06. The van der Waals surface area contributed by atoms with Crippen molar-refractivity contribution in [1.82, 2.24) is 4.90 Å². The summed E-state index contributed by atoms with van der Waals surface area (Å²) in [4.78, 5) is 40.0. The van der Waals surface area contributed by atoms with Crippen LogP contribution >= 0.6 is 39.3 Å². The third kappa shape index (κ3) is 5.34. The van der Waals surface area contributed by atoms with E-state index >= 15 is 0 Å². The van der Waals surface area contributed by atoms with Crippen LogP contribution in [0.4, 0.5) is 4.79 Å². The van der Waals surface area contributed by atoms with Gasteiger partial charge in [-0.1, -0.05) is 60.1 Å². The van der Waals surface area contributed by atoms with E-state index in [1.807, 2.05) is 42.5 Å². The molecule has 0 aromatic heterocycles. The number of carbonyl (C=O) groups excluding carboxylic acids is 3. The van der Waals surface area contributed by atoms with E-state index in [1.165, 1.54) is 12.0 Å². The molecule has 1 heterocycles. The fraction of sp³-hybridized carbons (Fsp3) is 0.0690. The Kier molecular flexibility index (Phi) is 7.56. The second-order valence-corrected chi connectivity index (χ2v) is 10.6. The number of halogens is 2. The molecule has 1 fully saturated rings. The van der Waals surface area contributed by atoms with Crippen LogP contribution in [0, 0.1) is 0 Å². The zero-order chi connectivity index (χ0) is 26.8. The lowest BCUT2D eigenvalue weighted by Gasteiger charge is -2.13. The second kappa shape index (κ2) is 11.0. The number of hydrogen-bond donors (Lipinski definition) is 0. The number of nitrogens with zero attached hydrogens (tertiary/aromatic N) is 1. The molecular formula is C29H19BrClNO5S. The Labute approximate surface area is 236 Å². The number of hydrogen-bond acceptors (Lipinski definition) is 6. The van der Waals surface area contributed by atoms with E-state index in [2.05, 4.69) is 15.9 Å². The fourth-order valence-electron chi connectivity index (χ4n) is 4.00. The van der Waals surface area contributed by atoms with Gasteiger partial charge in [0.15, 0.2) is 11.5 Å². The molecule has 4 aromatic carbocycles. The third-order valence-electron chi connectivity index (χ3n) is 5.87. The minimum absolute atomic E-state index is 0.166. The summed E-state index contributed by atoms with van der Waals surface area (Å²) in [6.45, 7) is 0.177. The quantitative estimate of drug-likeness (QED) is 0.127. The molecular weight excluding hydrogens is 590 g/mol. The number of imide groups is 1. The summed E-state index contributed by atoms with van der Waals surface area (Å²) in [6.07, 6.45) is 1.61. The Morgan fingerprint density at radius 1 is 1.00 bits per heavy atom. The molecule has 0 saturated carbocycles. The van der Waals surface area contributed by atoms with Crippen molar-refractivity contribution in [2.24, 2.45) is 0 Å². The van der Waals surface area contributed by atoms with E-state index in [-0.39, 0.29) is 44.7 Å². The summed E-state index contributed by atoms with van der Waals surface area (Å²) in [5.74, 6) is -0.588. The largest absolute Gasteiger partial charge is 0.493 e. The van der Waals surface area contributed by atoms with E-state index < -0.39 is 5.97 Å². The van der Waals surface area contributed by atoms with E-state index in [0.717, 1.165) is 28.1 Å². The van der Waals surface area contributed by atoms with Crippen LogP contribution < -0.4 is 9.47 Å². The fourth-order valence-corrected chi connectivity index (χ4v) is 5.60. The van der Waals surface area contributed by atoms with Gasteiger partial charge in [-0.25, -0.2) is 4.79 Å². The van der Waals surface area contributed by atoms with Crippen LogP contribution in [0.25, 0.3) is 16.8 Å². The minimum Gasteiger partial charge on any atom is -0.493 e. The van der Waals surface area contributed by atoms with E-state index in [4.69, 9.17) is 21.1 Å². The monoisotopic (exact) mass is 607 g/mol. The minimum atomic E-state index is -0.642. The first-order valence-electron chi connectivity index (χ1n) is 11.4. The molecule has 0 spiro atoms. The smallest absolute Gasteiger partial charge is 0.345 e. The molecule has 0 atom stereocenters. The number of esters is 1. The zero-order valence-corrected chi connectivity index (χ0v) is 23.1. The lowest BCUT2D eigenvalue weighted by molar-refractivity contribution is -0.123. The lowest BCUT2D eigenvalue weighted by atomic mass is 10.1. The number of benzene rings is 4. The van der Waals surface area contributed by atoms with E-state index in [9.17, 15) is 14.4 Å². The maximum Gasteiger partial charge on any atom is 0.345 e. The van der Waals surface area contributed by atoms with Gasteiger partial charge in [0.25, 0.3) is 11.1 Å². The highest BCUT2D eigenvalue weighted by molar-refractivity contribution is 9.10. The van der Waals surface area contributed by atoms with Crippen LogP contribution in [0.3, 0.4) is 0 Å². The molecule has 9 heteroatoms. The second-order valence-electron chi connectivity index (χ2n) is 8.35. The van der Waals surface area contributed by atoms with E-state index in [1.54, 1.807) is 42.5 Å². The van der Waals surface area contributed by atoms with Crippen molar-refractivity contribution in [1.29, 1.82) is 0 Å². The topological polar surface area (TPSA) is 72.9 Å². The highest BCUT2D eigenvalue weighted by Gasteiger charge is 2.35. The van der Waals surface area contributed by atoms with Crippen molar-refractivity contribution in [3.05, 3.63) is 110 Å². The van der Waals surface area contributed by atoms with Crippen molar-refractivity contribution >= 4 is 73.3 Å². The van der Waals surface area contributed by atoms with Crippen LogP contribution in [0.1, 0.15) is 21.5 Å². The summed E-state index contributed by atoms with van der Waals surface area (Å²) >= 11 is 10.4. The van der Waals surface area contributed by atoms with Gasteiger partial charge in [0.2, 0.25) is 0 Å². The highest BCUT2D eigenvalue weighted by atomic mass is 79.9. The number of methoxy groups -OCH3 is 1. The average Bonchev–Trinajstić information content (AvgIpc) is 3.17. The maximum absolute atomic E-state index is 13.1. The lowest BCUT2D eigenvalue weighted by Crippen LogP contribution is -2.27. The standard InChI is InChI=1S/C29H19BrClNO5S/c1-36-24-14-18(13-22(30)26(24)37-28(34)21-8-4-5-9-23(21)31)15-25-27(33)32(29(35)38-25)16-17-10-11-19-6-2-3-7-20(19)12-17/h2-15H,16H2,1H3/b25-15-. The van der Waals surface area contributed by atoms with Gasteiger partial charge < -0.3 is 9.47 Å². The molecule has 6 nitrogen and oxygen atoms in total. The van der Waals surface area contributed by atoms with Crippen molar-refractivity contribution in [2.45, 2.75) is 6.54 Å². The average molecular weight is 609 g/mol. The van der Waals surface area contributed by atoms with Crippen LogP contribution in [-0.2, 0) is 11.3 Å². The SMILES string of the molecule is COc1cc(/C=C2\SC(=O)N(Cc3ccc4ccccc4c3)C2=O)cc(Br)c1OC(=O)c1ccccc1Cl. The van der Waals surface area contributed by atoms with Crippen LogP contribution in [0.5, 0.6) is 11.5 Å². The summed E-state index contributed by atoms with van der Waals surface area (Å²) in [6, 6.07) is 23.6. The van der Waals surface area contributed by atoms with Crippen LogP contribution in [0.2, 0.25) is 5.02 Å². The van der Waals surface area contributed by atoms with Gasteiger partial charge in [-0.05, 0) is 86.0 Å². The Morgan fingerprint density at radius 3 is 2.50 bits per heavy atom. The Morgan fingerprint density at radius 2 is 1.74 bits per heavy atom. The molecule has 0 bridgehead atoms. The van der Waals surface area contributed by atoms with Gasteiger partial charge in [-0.2, -0.15) is 0 Å². The van der Waals surface area contributed by atoms with Crippen molar-refractivity contribution in [3.8, 4) is 11.5 Å². The number of ether oxygens (including phenoxy) is 2. The van der Waals surface area contributed by atoms with Gasteiger partial charge in [0, 0.05) is 0 Å². The Hall–Kier alpha value is -3.59. The zero-order valence-electron chi connectivity index (χ0n) is 19.9. The first kappa shape index (κ1) is 26.0. The third-order valence-corrected chi connectivity index (χ3v) is 7.69. The number of fused-ring (bicyclic) bond motifs is 1. The predicted octanol–water partition coefficient (Wildman–Crippen LogP) is 7.72. The van der Waals surface area contributed by atoms with Crippen molar-refractivity contribution in [3.63, 3.8) is 0 Å². The summed E-state index contributed by atoms with van der Waals surface area (Å²) in [5.41, 5.74) is 1.66. The van der Waals surface area contributed by atoms with Crippen molar-refractivity contribution in [2.75, 3.05) is 7.11 Å². The number of thioether (sulfide) groups is 1. The normalized spacial score (nSPS) is 14.4. The number of carbonyl (C=O) groups is 3. The predicted molar refractivity (Wildman–Crippen MR) is 153 cm³/mol. The van der Waals surface area contributed by atoms with Crippen molar-refractivity contribution < 1.29 is 23.9 Å². The molecule has 1 aliphatic heterocycles.